The Morgan fingerprint density at radius 2 is 2.28 bits per heavy atom. The Hall–Kier alpha value is -4.26. The van der Waals surface area contributed by atoms with Crippen LogP contribution in [0, 0.1) is 11.3 Å². The van der Waals surface area contributed by atoms with E-state index in [-0.39, 0.29) is 24.5 Å². The number of halogens is 1. The van der Waals surface area contributed by atoms with Gasteiger partial charge in [0.25, 0.3) is 11.8 Å². The highest BCUT2D eigenvalue weighted by Crippen LogP contribution is 2.27. The number of aromatic nitrogens is 3. The fraction of sp³-hybridized carbons (Fsp3) is 0.227. The normalized spacial score (nSPS) is 16.2. The van der Waals surface area contributed by atoms with Gasteiger partial charge in [-0.1, -0.05) is 18.7 Å². The van der Waals surface area contributed by atoms with E-state index in [9.17, 15) is 19.2 Å². The number of allylic oxidation sites excluding steroid dienone is 5. The number of likely N-dealkylation sites (N-methyl/N-ethyl adjacent to an activating group) is 1. The summed E-state index contributed by atoms with van der Waals surface area (Å²) in [7, 11) is 1.54. The predicted molar refractivity (Wildman–Crippen MR) is 114 cm³/mol. The molecule has 0 unspecified atom stereocenters. The number of nitriles is 1. The molecule has 0 aromatic carbocycles. The summed E-state index contributed by atoms with van der Waals surface area (Å²) in [4.78, 5) is 31.0. The second-order valence-corrected chi connectivity index (χ2v) is 6.91. The lowest BCUT2D eigenvalue weighted by atomic mass is 10.2. The van der Waals surface area contributed by atoms with Crippen LogP contribution >= 0.6 is 0 Å². The molecule has 0 saturated carbocycles. The fourth-order valence-corrected chi connectivity index (χ4v) is 2.94. The van der Waals surface area contributed by atoms with E-state index < -0.39 is 23.7 Å². The van der Waals surface area contributed by atoms with Crippen LogP contribution in [0.4, 0.5) is 10.2 Å². The first kappa shape index (κ1) is 22.4. The Kier molecular flexibility index (Phi) is 6.80. The molecule has 9 nitrogen and oxygen atoms in total. The van der Waals surface area contributed by atoms with Crippen LogP contribution in [0.2, 0.25) is 0 Å². The first-order valence-corrected chi connectivity index (χ1v) is 9.66. The minimum absolute atomic E-state index is 0.0479. The van der Waals surface area contributed by atoms with Gasteiger partial charge in [-0.3, -0.25) is 14.5 Å². The lowest BCUT2D eigenvalue weighted by Crippen LogP contribution is -2.49. The van der Waals surface area contributed by atoms with Crippen molar-refractivity contribution in [1.29, 1.82) is 5.26 Å². The number of fused-ring (bicyclic) bond motifs is 1. The number of carbonyl (C=O) groups is 2. The summed E-state index contributed by atoms with van der Waals surface area (Å²) < 4.78 is 20.2. The van der Waals surface area contributed by atoms with Gasteiger partial charge >= 0.3 is 0 Å². The Morgan fingerprint density at radius 1 is 1.50 bits per heavy atom. The Balaban J connectivity index is 1.73. The number of ether oxygens (including phenoxy) is 1. The molecule has 3 rings (SSSR count). The van der Waals surface area contributed by atoms with E-state index in [0.29, 0.717) is 17.1 Å². The highest BCUT2D eigenvalue weighted by atomic mass is 19.1. The number of carbonyl (C=O) groups excluding carboxylic acids is 2. The lowest BCUT2D eigenvalue weighted by molar-refractivity contribution is -0.120. The predicted octanol–water partition coefficient (Wildman–Crippen LogP) is 2.29. The highest BCUT2D eigenvalue weighted by Gasteiger charge is 2.32. The molecule has 32 heavy (non-hydrogen) atoms. The van der Waals surface area contributed by atoms with E-state index in [2.05, 4.69) is 22.0 Å². The van der Waals surface area contributed by atoms with Gasteiger partial charge in [-0.05, 0) is 30.7 Å². The van der Waals surface area contributed by atoms with E-state index in [1.807, 2.05) is 6.07 Å². The van der Waals surface area contributed by atoms with Crippen molar-refractivity contribution in [2.75, 3.05) is 18.6 Å². The molecule has 164 valence electrons. The number of pyridine rings is 1. The number of nitrogens with one attached hydrogen (secondary N) is 1. The summed E-state index contributed by atoms with van der Waals surface area (Å²) in [5, 5.41) is 16.1. The summed E-state index contributed by atoms with van der Waals surface area (Å²) >= 11 is 0. The Labute approximate surface area is 184 Å². The van der Waals surface area contributed by atoms with Crippen molar-refractivity contribution >= 4 is 17.6 Å². The molecular formula is C22H21FN6O3. The number of anilines is 1. The third-order valence-electron chi connectivity index (χ3n) is 4.64. The van der Waals surface area contributed by atoms with Crippen molar-refractivity contribution in [2.45, 2.75) is 19.5 Å². The van der Waals surface area contributed by atoms with E-state index in [1.165, 1.54) is 40.1 Å². The molecule has 1 aliphatic heterocycles. The Bertz CT molecular complexity index is 1160. The summed E-state index contributed by atoms with van der Waals surface area (Å²) in [6.07, 6.45) is 5.54. The molecule has 1 aliphatic rings. The van der Waals surface area contributed by atoms with Gasteiger partial charge in [-0.25, -0.2) is 14.1 Å². The number of nitrogens with zero attached hydrogens (tertiary/aromatic N) is 5. The zero-order valence-electron chi connectivity index (χ0n) is 17.6. The van der Waals surface area contributed by atoms with Crippen LogP contribution in [0.3, 0.4) is 0 Å². The van der Waals surface area contributed by atoms with Gasteiger partial charge in [-0.2, -0.15) is 10.4 Å². The molecule has 0 bridgehead atoms. The number of amides is 2. The van der Waals surface area contributed by atoms with Crippen LogP contribution in [0.5, 0.6) is 5.75 Å². The third kappa shape index (κ3) is 4.89. The molecule has 0 fully saturated rings. The van der Waals surface area contributed by atoms with Crippen LogP contribution in [-0.2, 0) is 11.3 Å². The van der Waals surface area contributed by atoms with E-state index in [0.717, 1.165) is 0 Å². The zero-order valence-corrected chi connectivity index (χ0v) is 17.6. The maximum Gasteiger partial charge on any atom is 0.272 e. The van der Waals surface area contributed by atoms with Crippen LogP contribution in [-0.4, -0.2) is 46.3 Å². The zero-order chi connectivity index (χ0) is 23.3. The van der Waals surface area contributed by atoms with Crippen LogP contribution in [0.25, 0.3) is 0 Å². The molecular weight excluding hydrogens is 415 g/mol. The molecule has 1 atom stereocenters. The molecule has 0 radical (unpaired) electrons. The van der Waals surface area contributed by atoms with Gasteiger partial charge in [0.05, 0.1) is 6.54 Å². The van der Waals surface area contributed by atoms with Gasteiger partial charge in [0, 0.05) is 19.3 Å². The van der Waals surface area contributed by atoms with Crippen LogP contribution in [0.1, 0.15) is 23.1 Å². The maximum atomic E-state index is 13.2. The summed E-state index contributed by atoms with van der Waals surface area (Å²) in [6.45, 7) is 5.36. The van der Waals surface area contributed by atoms with Crippen molar-refractivity contribution in [2.24, 2.45) is 0 Å². The number of hydrogen-bond acceptors (Lipinski definition) is 6. The first-order valence-electron chi connectivity index (χ1n) is 9.66. The van der Waals surface area contributed by atoms with Crippen molar-refractivity contribution in [3.63, 3.8) is 0 Å². The van der Waals surface area contributed by atoms with E-state index in [4.69, 9.17) is 4.74 Å². The van der Waals surface area contributed by atoms with Gasteiger partial charge in [0.2, 0.25) is 0 Å². The largest absolute Gasteiger partial charge is 0.487 e. The maximum absolute atomic E-state index is 13.2. The minimum atomic E-state index is -0.973. The van der Waals surface area contributed by atoms with E-state index in [1.54, 1.807) is 26.1 Å². The highest BCUT2D eigenvalue weighted by molar-refractivity contribution is 6.02. The van der Waals surface area contributed by atoms with Gasteiger partial charge in [-0.15, -0.1) is 0 Å². The molecule has 2 aromatic heterocycles. The van der Waals surface area contributed by atoms with Gasteiger partial charge in [0.1, 0.15) is 30.2 Å². The molecule has 0 spiro atoms. The molecule has 3 heterocycles. The molecule has 2 amide bonds. The van der Waals surface area contributed by atoms with Gasteiger partial charge in [0.15, 0.2) is 17.3 Å². The second kappa shape index (κ2) is 9.70. The molecule has 1 N–H and O–H groups in total. The standard InChI is InChI=1S/C22H21FN6O3/c1-4-15(23)8-7-14(2)12-29-16(11-24)10-17(27-29)21(30)26-18-13-32-19-6-5-9-25-20(19)28(3)22(18)31/h4-10,18H,2,12-13H2,1,3H3,(H,26,30)/b8-7-,15-4+/t18-/m0/s1. The Morgan fingerprint density at radius 3 is 3.00 bits per heavy atom. The molecule has 0 saturated heterocycles. The van der Waals surface area contributed by atoms with Crippen molar-refractivity contribution in [3.05, 3.63) is 72.0 Å². The van der Waals surface area contributed by atoms with Crippen LogP contribution in [0.15, 0.2) is 60.6 Å². The molecule has 2 aromatic rings. The van der Waals surface area contributed by atoms with Gasteiger partial charge < -0.3 is 10.1 Å². The second-order valence-electron chi connectivity index (χ2n) is 6.91. The smallest absolute Gasteiger partial charge is 0.272 e. The van der Waals surface area contributed by atoms with Crippen LogP contribution < -0.4 is 15.0 Å². The SMILES string of the molecule is C=C(/C=C\C(F)=C/C)Cn1nc(C(=O)N[C@H]2COc3cccnc3N(C)C2=O)cc1C#N. The lowest BCUT2D eigenvalue weighted by Gasteiger charge is -2.19. The number of rotatable bonds is 6. The molecule has 0 aliphatic carbocycles. The summed E-state index contributed by atoms with van der Waals surface area (Å²) in [5.41, 5.74) is 0.550. The third-order valence-corrected chi connectivity index (χ3v) is 4.64. The quantitative estimate of drug-likeness (QED) is 0.695. The first-order chi connectivity index (χ1) is 15.3. The average Bonchev–Trinajstić information content (AvgIpc) is 3.17. The monoisotopic (exact) mass is 436 g/mol. The molecule has 10 heteroatoms. The van der Waals surface area contributed by atoms with Crippen molar-refractivity contribution in [1.82, 2.24) is 20.1 Å². The average molecular weight is 436 g/mol. The van der Waals surface area contributed by atoms with Crippen molar-refractivity contribution in [3.8, 4) is 11.8 Å². The summed E-state index contributed by atoms with van der Waals surface area (Å²) in [5.74, 6) is -0.691. The van der Waals surface area contributed by atoms with E-state index >= 15 is 0 Å². The fourth-order valence-electron chi connectivity index (χ4n) is 2.94. The topological polar surface area (TPSA) is 113 Å². The summed E-state index contributed by atoms with van der Waals surface area (Å²) in [6, 6.07) is 5.65. The minimum Gasteiger partial charge on any atom is -0.487 e. The number of hydrogen-bond donors (Lipinski definition) is 1. The van der Waals surface area contributed by atoms with Crippen molar-refractivity contribution < 1.29 is 18.7 Å².